The summed E-state index contributed by atoms with van der Waals surface area (Å²) >= 11 is 0. The van der Waals surface area contributed by atoms with Crippen molar-refractivity contribution in [3.63, 3.8) is 0 Å². The number of ether oxygens (including phenoxy) is 2. The fourth-order valence-electron chi connectivity index (χ4n) is 4.56. The van der Waals surface area contributed by atoms with Crippen LogP contribution in [0.4, 0.5) is 4.79 Å². The molecular formula is C26H28N2O7. The number of benzene rings is 2. The monoisotopic (exact) mass is 480 g/mol. The van der Waals surface area contributed by atoms with Gasteiger partial charge in [0.2, 0.25) is 5.91 Å². The second-order valence-electron chi connectivity index (χ2n) is 8.82. The predicted molar refractivity (Wildman–Crippen MR) is 125 cm³/mol. The molecule has 35 heavy (non-hydrogen) atoms. The van der Waals surface area contributed by atoms with Crippen LogP contribution in [-0.2, 0) is 23.9 Å². The zero-order valence-corrected chi connectivity index (χ0v) is 19.4. The first kappa shape index (κ1) is 24.3. The largest absolute Gasteiger partial charge is 0.480 e. The van der Waals surface area contributed by atoms with E-state index >= 15 is 0 Å². The minimum atomic E-state index is -1.21. The Bertz CT molecular complexity index is 1090. The highest BCUT2D eigenvalue weighted by Crippen LogP contribution is 2.44. The van der Waals surface area contributed by atoms with E-state index in [0.717, 1.165) is 22.3 Å². The number of alkyl carbamates (subject to hydrolysis) is 1. The lowest BCUT2D eigenvalue weighted by molar-refractivity contribution is -0.144. The zero-order valence-electron chi connectivity index (χ0n) is 19.4. The van der Waals surface area contributed by atoms with Crippen LogP contribution in [0, 0.1) is 11.8 Å². The van der Waals surface area contributed by atoms with Crippen molar-refractivity contribution in [1.82, 2.24) is 10.6 Å². The first-order valence-electron chi connectivity index (χ1n) is 11.6. The highest BCUT2D eigenvalue weighted by molar-refractivity contribution is 5.87. The molecule has 9 nitrogen and oxygen atoms in total. The average Bonchev–Trinajstić information content (AvgIpc) is 3.58. The number of hydrogen-bond acceptors (Lipinski definition) is 6. The van der Waals surface area contributed by atoms with Crippen molar-refractivity contribution in [3.8, 4) is 11.1 Å². The van der Waals surface area contributed by atoms with E-state index in [-0.39, 0.29) is 43.7 Å². The van der Waals surface area contributed by atoms with Crippen LogP contribution in [0.25, 0.3) is 11.1 Å². The molecule has 0 saturated heterocycles. The van der Waals surface area contributed by atoms with E-state index in [1.54, 1.807) is 0 Å². The minimum Gasteiger partial charge on any atom is -0.480 e. The lowest BCUT2D eigenvalue weighted by Crippen LogP contribution is -2.42. The van der Waals surface area contributed by atoms with Gasteiger partial charge in [0, 0.05) is 24.8 Å². The molecule has 3 N–H and O–H groups in total. The molecule has 0 unspecified atom stereocenters. The number of carbonyl (C=O) groups excluding carboxylic acids is 3. The van der Waals surface area contributed by atoms with E-state index in [4.69, 9.17) is 4.74 Å². The molecule has 184 valence electrons. The van der Waals surface area contributed by atoms with Crippen molar-refractivity contribution in [2.24, 2.45) is 11.8 Å². The summed E-state index contributed by atoms with van der Waals surface area (Å²) in [5.41, 5.74) is 4.55. The van der Waals surface area contributed by atoms with Crippen LogP contribution in [0.1, 0.15) is 36.3 Å². The van der Waals surface area contributed by atoms with E-state index in [9.17, 15) is 24.3 Å². The quantitative estimate of drug-likeness (QED) is 0.446. The summed E-state index contributed by atoms with van der Waals surface area (Å²) in [4.78, 5) is 47.3. The summed E-state index contributed by atoms with van der Waals surface area (Å²) in [6.07, 6.45) is -0.174. The highest BCUT2D eigenvalue weighted by Gasteiger charge is 2.44. The Morgan fingerprint density at radius 3 is 2.26 bits per heavy atom. The van der Waals surface area contributed by atoms with Crippen LogP contribution in [-0.4, -0.2) is 55.3 Å². The molecule has 0 heterocycles. The summed E-state index contributed by atoms with van der Waals surface area (Å²) in [5, 5.41) is 14.5. The third kappa shape index (κ3) is 5.62. The van der Waals surface area contributed by atoms with Gasteiger partial charge in [-0.05, 0) is 41.0 Å². The molecule has 2 aromatic carbocycles. The van der Waals surface area contributed by atoms with Gasteiger partial charge in [-0.25, -0.2) is 9.59 Å². The molecule has 0 radical (unpaired) electrons. The molecule has 2 aromatic rings. The van der Waals surface area contributed by atoms with Crippen molar-refractivity contribution in [3.05, 3.63) is 59.7 Å². The van der Waals surface area contributed by atoms with Crippen LogP contribution in [0.2, 0.25) is 0 Å². The highest BCUT2D eigenvalue weighted by atomic mass is 16.5. The average molecular weight is 481 g/mol. The minimum absolute atomic E-state index is 0.0365. The molecule has 3 atom stereocenters. The lowest BCUT2D eigenvalue weighted by Gasteiger charge is -2.15. The number of amides is 2. The number of hydrogen-bond donors (Lipinski definition) is 3. The zero-order chi connectivity index (χ0) is 24.9. The first-order valence-corrected chi connectivity index (χ1v) is 11.6. The molecule has 0 aromatic heterocycles. The number of nitrogens with one attached hydrogen (secondary N) is 2. The summed E-state index contributed by atoms with van der Waals surface area (Å²) in [5.74, 6) is -2.67. The molecule has 1 saturated carbocycles. The third-order valence-corrected chi connectivity index (χ3v) is 6.59. The maximum absolute atomic E-state index is 12.4. The molecule has 0 spiro atoms. The molecule has 1 fully saturated rings. The van der Waals surface area contributed by atoms with Gasteiger partial charge in [0.05, 0.1) is 7.11 Å². The van der Waals surface area contributed by atoms with Gasteiger partial charge < -0.3 is 25.2 Å². The second-order valence-corrected chi connectivity index (χ2v) is 8.82. The molecule has 2 amide bonds. The van der Waals surface area contributed by atoms with E-state index in [1.807, 2.05) is 36.4 Å². The lowest BCUT2D eigenvalue weighted by atomic mass is 9.98. The number of esters is 1. The number of fused-ring (bicyclic) bond motifs is 3. The van der Waals surface area contributed by atoms with Crippen LogP contribution in [0.5, 0.6) is 0 Å². The fraction of sp³-hybridized carbons (Fsp3) is 0.385. The van der Waals surface area contributed by atoms with Gasteiger partial charge in [0.15, 0.2) is 0 Å². The van der Waals surface area contributed by atoms with Gasteiger partial charge in [-0.2, -0.15) is 0 Å². The van der Waals surface area contributed by atoms with Gasteiger partial charge in [-0.15, -0.1) is 0 Å². The van der Waals surface area contributed by atoms with Gasteiger partial charge in [0.1, 0.15) is 12.6 Å². The second kappa shape index (κ2) is 10.6. The van der Waals surface area contributed by atoms with E-state index < -0.39 is 30.0 Å². The van der Waals surface area contributed by atoms with Crippen LogP contribution in [0.15, 0.2) is 48.5 Å². The van der Waals surface area contributed by atoms with Gasteiger partial charge in [-0.1, -0.05) is 48.5 Å². The van der Waals surface area contributed by atoms with Gasteiger partial charge in [0.25, 0.3) is 0 Å². The maximum atomic E-state index is 12.4. The van der Waals surface area contributed by atoms with Gasteiger partial charge >= 0.3 is 18.0 Å². The van der Waals surface area contributed by atoms with E-state index in [0.29, 0.717) is 6.42 Å². The smallest absolute Gasteiger partial charge is 0.407 e. The predicted octanol–water partition coefficient (Wildman–Crippen LogP) is 2.68. The summed E-state index contributed by atoms with van der Waals surface area (Å²) in [6.45, 7) is 0.462. The first-order chi connectivity index (χ1) is 16.9. The molecular weight excluding hydrogens is 452 g/mol. The Hall–Kier alpha value is -3.88. The Labute approximate surface area is 202 Å². The van der Waals surface area contributed by atoms with E-state index in [2.05, 4.69) is 27.5 Å². The molecule has 4 rings (SSSR count). The SMILES string of the molecule is COC(=O)CC[C@H](NC(=O)[C@H]1C[C@H]1CNC(=O)OCC1c2ccccc2-c2ccccc21)C(=O)O. The van der Waals surface area contributed by atoms with Gasteiger partial charge in [-0.3, -0.25) is 9.59 Å². The molecule has 9 heteroatoms. The normalized spacial score (nSPS) is 18.5. The standard InChI is InChI=1S/C26H28N2O7/c1-34-23(29)11-10-22(25(31)32)28-24(30)20-12-15(20)13-27-26(33)35-14-21-18-8-4-2-6-16(18)17-7-3-5-9-19(17)21/h2-9,15,20-22H,10-14H2,1H3,(H,27,33)(H,28,30)(H,31,32)/t15-,20-,22-/m0/s1. The Kier molecular flexibility index (Phi) is 7.33. The Morgan fingerprint density at radius 1 is 1.03 bits per heavy atom. The maximum Gasteiger partial charge on any atom is 0.407 e. The fourth-order valence-corrected chi connectivity index (χ4v) is 4.56. The summed E-state index contributed by atoms with van der Waals surface area (Å²) < 4.78 is 10.0. The van der Waals surface area contributed by atoms with Crippen molar-refractivity contribution in [2.75, 3.05) is 20.3 Å². The number of carbonyl (C=O) groups is 4. The number of carboxylic acids is 1. The number of rotatable bonds is 10. The van der Waals surface area contributed by atoms with Crippen LogP contribution in [0.3, 0.4) is 0 Å². The Morgan fingerprint density at radius 2 is 1.66 bits per heavy atom. The van der Waals surface area contributed by atoms with Crippen LogP contribution < -0.4 is 10.6 Å². The number of methoxy groups -OCH3 is 1. The summed E-state index contributed by atoms with van der Waals surface area (Å²) in [7, 11) is 1.22. The number of carboxylic acid groups (broad SMARTS) is 1. The molecule has 2 aliphatic carbocycles. The topological polar surface area (TPSA) is 131 Å². The Balaban J connectivity index is 1.22. The molecule has 0 bridgehead atoms. The summed E-state index contributed by atoms with van der Waals surface area (Å²) in [6, 6.07) is 15.0. The van der Waals surface area contributed by atoms with E-state index in [1.165, 1.54) is 7.11 Å². The van der Waals surface area contributed by atoms with Crippen molar-refractivity contribution in [1.29, 1.82) is 0 Å². The molecule has 2 aliphatic rings. The van der Waals surface area contributed by atoms with Crippen LogP contribution >= 0.6 is 0 Å². The van der Waals surface area contributed by atoms with Crippen molar-refractivity contribution in [2.45, 2.75) is 31.2 Å². The van der Waals surface area contributed by atoms with Crippen molar-refractivity contribution >= 4 is 23.9 Å². The van der Waals surface area contributed by atoms with Crippen molar-refractivity contribution < 1.29 is 33.8 Å². The molecule has 0 aliphatic heterocycles. The number of aliphatic carboxylic acids is 1. The third-order valence-electron chi connectivity index (χ3n) is 6.59.